The maximum absolute atomic E-state index is 2.74. The Morgan fingerprint density at radius 1 is 0.490 bits per heavy atom. The third-order valence-corrected chi connectivity index (χ3v) is 16.5. The highest BCUT2D eigenvalue weighted by molar-refractivity contribution is 6.85. The van der Waals surface area contributed by atoms with E-state index in [9.17, 15) is 0 Å². The molecule has 0 N–H and O–H groups in total. The highest BCUT2D eigenvalue weighted by Gasteiger charge is 2.51. The number of aryl methyl sites for hydroxylation is 2. The first-order valence-electron chi connectivity index (χ1n) is 18.6. The summed E-state index contributed by atoms with van der Waals surface area (Å²) >= 11 is 0. The van der Waals surface area contributed by atoms with Gasteiger partial charge in [0.2, 0.25) is 0 Å². The van der Waals surface area contributed by atoms with E-state index in [0.29, 0.717) is 11.1 Å². The van der Waals surface area contributed by atoms with Crippen LogP contribution < -0.4 is 0 Å². The second-order valence-electron chi connectivity index (χ2n) is 17.7. The Balaban J connectivity index is 1.33. The van der Waals surface area contributed by atoms with Gasteiger partial charge in [0.1, 0.15) is 0 Å². The zero-order valence-corrected chi connectivity index (χ0v) is 31.9. The molecule has 2 atom stereocenters. The Morgan fingerprint density at radius 2 is 0.878 bits per heavy atom. The van der Waals surface area contributed by atoms with Gasteiger partial charge in [0.25, 0.3) is 0 Å². The van der Waals surface area contributed by atoms with E-state index in [2.05, 4.69) is 164 Å². The van der Waals surface area contributed by atoms with E-state index >= 15 is 0 Å². The molecule has 0 aliphatic heterocycles. The third kappa shape index (κ3) is 5.41. The molecular formula is C48H52Si. The fourth-order valence-corrected chi connectivity index (χ4v) is 14.4. The van der Waals surface area contributed by atoms with Crippen molar-refractivity contribution >= 4 is 30.4 Å². The summed E-state index contributed by atoms with van der Waals surface area (Å²) in [6.07, 6.45) is 9.86. The number of rotatable bonds is 4. The van der Waals surface area contributed by atoms with E-state index in [1.165, 1.54) is 55.7 Å². The van der Waals surface area contributed by atoms with Crippen molar-refractivity contribution in [3.05, 3.63) is 165 Å². The van der Waals surface area contributed by atoms with Crippen LogP contribution >= 0.6 is 0 Å². The van der Waals surface area contributed by atoms with Crippen molar-refractivity contribution in [3.8, 4) is 0 Å². The van der Waals surface area contributed by atoms with Gasteiger partial charge in [-0.15, -0.1) is 0 Å². The molecule has 0 bridgehead atoms. The first-order valence-corrected chi connectivity index (χ1v) is 21.8. The molecule has 0 heterocycles. The molecule has 0 saturated heterocycles. The molecule has 8 rings (SSSR count). The number of allylic oxidation sites excluding steroid dienone is 8. The minimum Gasteiger partial charge on any atom is -0.0679 e. The lowest BCUT2D eigenvalue weighted by Crippen LogP contribution is -2.40. The van der Waals surface area contributed by atoms with Gasteiger partial charge in [-0.3, -0.25) is 0 Å². The lowest BCUT2D eigenvalue weighted by molar-refractivity contribution is 0.589. The Labute approximate surface area is 296 Å². The summed E-state index contributed by atoms with van der Waals surface area (Å²) in [5.74, 6) is 0. The number of hydrogen-bond acceptors (Lipinski definition) is 0. The molecule has 0 radical (unpaired) electrons. The summed E-state index contributed by atoms with van der Waals surface area (Å²) in [7, 11) is -2.14. The zero-order valence-electron chi connectivity index (χ0n) is 30.9. The van der Waals surface area contributed by atoms with Crippen LogP contribution in [0.2, 0.25) is 24.2 Å². The minimum absolute atomic E-state index is 0.122. The maximum atomic E-state index is 2.74. The van der Waals surface area contributed by atoms with E-state index in [-0.39, 0.29) is 10.8 Å². The van der Waals surface area contributed by atoms with Gasteiger partial charge in [0, 0.05) is 11.1 Å². The highest BCUT2D eigenvalue weighted by Crippen LogP contribution is 2.63. The summed E-state index contributed by atoms with van der Waals surface area (Å²) in [6.45, 7) is 19.6. The molecule has 0 amide bonds. The molecule has 0 spiro atoms. The van der Waals surface area contributed by atoms with Gasteiger partial charge in [-0.05, 0) is 103 Å². The van der Waals surface area contributed by atoms with Crippen molar-refractivity contribution in [1.82, 2.24) is 0 Å². The van der Waals surface area contributed by atoms with E-state index in [0.717, 1.165) is 25.7 Å². The molecule has 4 aromatic rings. The predicted molar refractivity (Wildman–Crippen MR) is 215 cm³/mol. The smallest absolute Gasteiger partial charge is 0.0679 e. The first kappa shape index (κ1) is 32.3. The Hall–Kier alpha value is -3.94. The van der Waals surface area contributed by atoms with Crippen molar-refractivity contribution in [1.29, 1.82) is 0 Å². The SMILES string of the molecule is CC(C)(C)c1ccc2c(c1)C1=C(CC2)C([Si](C)(C)C2C(c3ccccc3)=CC3=C2CCc2ccc(C(C)(C)C)cc23)C(c2ccccc2)=C1. The molecule has 1 heteroatoms. The van der Waals surface area contributed by atoms with Gasteiger partial charge in [0.15, 0.2) is 0 Å². The van der Waals surface area contributed by atoms with E-state index < -0.39 is 8.07 Å². The van der Waals surface area contributed by atoms with Crippen LogP contribution in [0.3, 0.4) is 0 Å². The molecule has 0 saturated carbocycles. The summed E-state index contributed by atoms with van der Waals surface area (Å²) in [6, 6.07) is 37.5. The van der Waals surface area contributed by atoms with Crippen LogP contribution in [0, 0.1) is 0 Å². The van der Waals surface area contributed by atoms with E-state index in [1.807, 2.05) is 0 Å². The number of fused-ring (bicyclic) bond motifs is 4. The summed E-state index contributed by atoms with van der Waals surface area (Å²) in [5.41, 5.74) is 22.4. The van der Waals surface area contributed by atoms with Crippen LogP contribution in [0.15, 0.2) is 120 Å². The average Bonchev–Trinajstić information content (AvgIpc) is 3.69. The Morgan fingerprint density at radius 3 is 1.24 bits per heavy atom. The molecule has 0 nitrogen and oxygen atoms in total. The van der Waals surface area contributed by atoms with Crippen molar-refractivity contribution in [3.63, 3.8) is 0 Å². The van der Waals surface area contributed by atoms with Crippen LogP contribution in [0.1, 0.15) is 98.9 Å². The van der Waals surface area contributed by atoms with Crippen LogP contribution in [0.5, 0.6) is 0 Å². The fourth-order valence-electron chi connectivity index (χ4n) is 9.60. The normalized spacial score (nSPS) is 20.4. The predicted octanol–water partition coefficient (Wildman–Crippen LogP) is 13.0. The number of benzene rings is 4. The standard InChI is InChI=1S/C48H52Si/c1-47(2,3)35-23-19-33-21-25-37-43(39(33)27-35)29-41(31-15-11-9-12-16-31)45(37)49(7,8)46-38-26-22-34-20-24-36(48(4,5)6)28-40(34)44(38)30-42(46)32-17-13-10-14-18-32/h9-20,23-24,27-30,45-46H,21-22,25-26H2,1-8H3. The van der Waals surface area contributed by atoms with Crippen LogP contribution in [-0.2, 0) is 23.7 Å². The van der Waals surface area contributed by atoms with Crippen molar-refractivity contribution in [2.75, 3.05) is 0 Å². The van der Waals surface area contributed by atoms with Gasteiger partial charge in [0.05, 0.1) is 8.07 Å². The van der Waals surface area contributed by atoms with Crippen molar-refractivity contribution in [2.45, 2.75) is 102 Å². The first-order chi connectivity index (χ1) is 23.3. The van der Waals surface area contributed by atoms with Gasteiger partial charge in [-0.25, -0.2) is 0 Å². The molecule has 248 valence electrons. The molecule has 49 heavy (non-hydrogen) atoms. The summed E-state index contributed by atoms with van der Waals surface area (Å²) in [5, 5.41) is 0. The maximum Gasteiger partial charge on any atom is 0.0722 e. The second kappa shape index (κ2) is 11.6. The largest absolute Gasteiger partial charge is 0.0722 e. The lowest BCUT2D eigenvalue weighted by Gasteiger charge is -2.43. The second-order valence-corrected chi connectivity index (χ2v) is 22.5. The molecule has 0 aromatic heterocycles. The molecule has 4 aliphatic rings. The van der Waals surface area contributed by atoms with Crippen LogP contribution in [0.4, 0.5) is 0 Å². The molecule has 0 fully saturated rings. The van der Waals surface area contributed by atoms with Crippen molar-refractivity contribution in [2.24, 2.45) is 0 Å². The fraction of sp³-hybridized carbons (Fsp3) is 0.333. The molecular weight excluding hydrogens is 605 g/mol. The topological polar surface area (TPSA) is 0 Å². The molecule has 4 aromatic carbocycles. The van der Waals surface area contributed by atoms with Gasteiger partial charge < -0.3 is 0 Å². The minimum atomic E-state index is -2.14. The highest BCUT2D eigenvalue weighted by atomic mass is 28.3. The Kier molecular flexibility index (Phi) is 7.61. The number of hydrogen-bond donors (Lipinski definition) is 0. The summed E-state index contributed by atoms with van der Waals surface area (Å²) < 4.78 is 0. The van der Waals surface area contributed by atoms with Gasteiger partial charge in [-0.2, -0.15) is 0 Å². The quantitative estimate of drug-likeness (QED) is 0.192. The Bertz CT molecular complexity index is 1930. The lowest BCUT2D eigenvalue weighted by atomic mass is 9.80. The van der Waals surface area contributed by atoms with Gasteiger partial charge >= 0.3 is 0 Å². The van der Waals surface area contributed by atoms with E-state index in [4.69, 9.17) is 0 Å². The van der Waals surface area contributed by atoms with E-state index in [1.54, 1.807) is 22.3 Å². The zero-order chi connectivity index (χ0) is 34.3. The third-order valence-electron chi connectivity index (χ3n) is 12.2. The van der Waals surface area contributed by atoms with Crippen molar-refractivity contribution < 1.29 is 0 Å². The monoisotopic (exact) mass is 656 g/mol. The average molecular weight is 657 g/mol. The molecule has 2 unspecified atom stereocenters. The molecule has 4 aliphatic carbocycles. The van der Waals surface area contributed by atoms with Crippen LogP contribution in [-0.4, -0.2) is 8.07 Å². The van der Waals surface area contributed by atoms with Crippen LogP contribution in [0.25, 0.3) is 22.3 Å². The van der Waals surface area contributed by atoms with Gasteiger partial charge in [-0.1, -0.05) is 175 Å². The summed E-state index contributed by atoms with van der Waals surface area (Å²) in [4.78, 5) is 0.